The van der Waals surface area contributed by atoms with Gasteiger partial charge in [0.05, 0.1) is 11.1 Å². The molecule has 0 radical (unpaired) electrons. The van der Waals surface area contributed by atoms with Gasteiger partial charge < -0.3 is 25.3 Å². The molecule has 2 aromatic carbocycles. The van der Waals surface area contributed by atoms with Gasteiger partial charge in [-0.3, -0.25) is 14.4 Å². The molecule has 0 aliphatic carbocycles. The molecule has 11 nitrogen and oxygen atoms in total. The molecule has 0 atom stereocenters. The number of pyridine rings is 4. The quantitative estimate of drug-likeness (QED) is 0.174. The van der Waals surface area contributed by atoms with Crippen LogP contribution in [0.4, 0.5) is 11.6 Å². The maximum atomic E-state index is 12.2. The molecule has 0 unspecified atom stereocenters. The lowest BCUT2D eigenvalue weighted by Crippen LogP contribution is -2.19. The summed E-state index contributed by atoms with van der Waals surface area (Å²) in [5.41, 5.74) is 10.1. The van der Waals surface area contributed by atoms with Crippen molar-refractivity contribution in [3.8, 4) is 0 Å². The van der Waals surface area contributed by atoms with Crippen LogP contribution >= 0.6 is 23.2 Å². The number of aromatic nitrogens is 4. The summed E-state index contributed by atoms with van der Waals surface area (Å²) in [6.07, 6.45) is 7.82. The van der Waals surface area contributed by atoms with Crippen LogP contribution in [0.5, 0.6) is 0 Å². The fourth-order valence-corrected chi connectivity index (χ4v) is 4.97. The standard InChI is InChI=1S/C19H16ClN3O2.C12H11ClN2.C7H7NO3/c1-23-12-15(6-8-18(23)24)19(25)22-17-7-5-14(11-21-17)9-13-3-2-4-16(20)10-13;13-11-3-1-2-9(7-11)6-10-4-5-12(14)15-8-10;1-8-4-5(7(10)11)2-3-6(8)9/h2-8,10-12H,9H2,1H3,(H,21,22,25);1-5,7-8H,6H2,(H2,14,15);2-4H,1H3,(H,10,11). The zero-order valence-corrected chi connectivity index (χ0v) is 29.2. The van der Waals surface area contributed by atoms with E-state index < -0.39 is 5.97 Å². The number of aryl methyl sites for hydroxylation is 2. The van der Waals surface area contributed by atoms with Crippen LogP contribution in [0.25, 0.3) is 0 Å². The van der Waals surface area contributed by atoms with Crippen molar-refractivity contribution in [2.24, 2.45) is 14.1 Å². The molecule has 0 aliphatic rings. The lowest BCUT2D eigenvalue weighted by atomic mass is 10.1. The maximum Gasteiger partial charge on any atom is 0.337 e. The van der Waals surface area contributed by atoms with E-state index in [1.807, 2.05) is 60.7 Å². The first-order valence-corrected chi connectivity index (χ1v) is 16.1. The van der Waals surface area contributed by atoms with Gasteiger partial charge >= 0.3 is 5.97 Å². The van der Waals surface area contributed by atoms with Crippen molar-refractivity contribution >= 4 is 46.7 Å². The molecule has 0 spiro atoms. The van der Waals surface area contributed by atoms with Crippen molar-refractivity contribution in [2.75, 3.05) is 11.1 Å². The Morgan fingerprint density at radius 2 is 1.20 bits per heavy atom. The Kier molecular flexibility index (Phi) is 13.4. The maximum absolute atomic E-state index is 12.2. The molecule has 4 N–H and O–H groups in total. The topological polar surface area (TPSA) is 162 Å². The van der Waals surface area contributed by atoms with Gasteiger partial charge in [0.2, 0.25) is 11.1 Å². The third kappa shape index (κ3) is 12.1. The number of anilines is 2. The number of carboxylic acid groups (broad SMARTS) is 1. The predicted octanol–water partition coefficient (Wildman–Crippen LogP) is 6.27. The first kappa shape index (κ1) is 37.8. The molecule has 6 aromatic rings. The van der Waals surface area contributed by atoms with Gasteiger partial charge in [-0.25, -0.2) is 14.8 Å². The lowest BCUT2D eigenvalue weighted by molar-refractivity contribution is 0.0695. The number of nitrogens with one attached hydrogen (secondary N) is 1. The summed E-state index contributed by atoms with van der Waals surface area (Å²) in [5, 5.41) is 12.7. The van der Waals surface area contributed by atoms with E-state index in [4.69, 9.17) is 34.0 Å². The highest BCUT2D eigenvalue weighted by Crippen LogP contribution is 2.16. The zero-order chi connectivity index (χ0) is 36.9. The number of carbonyl (C=O) groups excluding carboxylic acids is 1. The van der Waals surface area contributed by atoms with Crippen molar-refractivity contribution in [3.63, 3.8) is 0 Å². The van der Waals surface area contributed by atoms with E-state index in [1.165, 1.54) is 58.4 Å². The number of benzene rings is 2. The summed E-state index contributed by atoms with van der Waals surface area (Å²) < 4.78 is 2.58. The summed E-state index contributed by atoms with van der Waals surface area (Å²) in [4.78, 5) is 53.0. The molecule has 0 aliphatic heterocycles. The summed E-state index contributed by atoms with van der Waals surface area (Å²) in [7, 11) is 3.11. The van der Waals surface area contributed by atoms with Crippen LogP contribution in [0, 0.1) is 0 Å². The average molecular weight is 726 g/mol. The third-order valence-electron chi connectivity index (χ3n) is 7.19. The van der Waals surface area contributed by atoms with Gasteiger partial charge in [0.1, 0.15) is 11.6 Å². The number of carboxylic acids is 1. The molecule has 0 saturated heterocycles. The van der Waals surface area contributed by atoms with Crippen molar-refractivity contribution in [2.45, 2.75) is 12.8 Å². The number of nitrogens with zero attached hydrogens (tertiary/aromatic N) is 4. The van der Waals surface area contributed by atoms with Crippen molar-refractivity contribution in [1.29, 1.82) is 0 Å². The summed E-state index contributed by atoms with van der Waals surface area (Å²) in [6, 6.07) is 28.3. The smallest absolute Gasteiger partial charge is 0.337 e. The van der Waals surface area contributed by atoms with E-state index in [-0.39, 0.29) is 22.6 Å². The molecule has 4 heterocycles. The van der Waals surface area contributed by atoms with E-state index in [0.29, 0.717) is 28.6 Å². The highest BCUT2D eigenvalue weighted by atomic mass is 35.5. The van der Waals surface area contributed by atoms with Crippen molar-refractivity contribution < 1.29 is 14.7 Å². The van der Waals surface area contributed by atoms with Crippen LogP contribution in [-0.4, -0.2) is 36.1 Å². The lowest BCUT2D eigenvalue weighted by Gasteiger charge is -2.07. The number of hydrogen-bond acceptors (Lipinski definition) is 7. The minimum Gasteiger partial charge on any atom is -0.478 e. The molecule has 4 aromatic heterocycles. The Morgan fingerprint density at radius 1 is 0.686 bits per heavy atom. The molecule has 1 amide bonds. The van der Waals surface area contributed by atoms with E-state index in [1.54, 1.807) is 31.6 Å². The second kappa shape index (κ2) is 18.1. The molecular weight excluding hydrogens is 691 g/mol. The number of nitrogen functional groups attached to an aromatic ring is 1. The van der Waals surface area contributed by atoms with E-state index in [9.17, 15) is 19.2 Å². The van der Waals surface area contributed by atoms with Crippen LogP contribution < -0.4 is 22.2 Å². The highest BCUT2D eigenvalue weighted by molar-refractivity contribution is 6.30. The van der Waals surface area contributed by atoms with Crippen molar-refractivity contribution in [3.05, 3.63) is 186 Å². The fourth-order valence-electron chi connectivity index (χ4n) is 4.55. The number of aromatic carboxylic acids is 1. The Balaban J connectivity index is 0.000000190. The van der Waals surface area contributed by atoms with Crippen LogP contribution in [0.3, 0.4) is 0 Å². The number of nitrogens with two attached hydrogens (primary N) is 1. The van der Waals surface area contributed by atoms with Crippen molar-refractivity contribution in [1.82, 2.24) is 19.1 Å². The minimum atomic E-state index is -1.03. The number of amides is 1. The monoisotopic (exact) mass is 724 g/mol. The summed E-state index contributed by atoms with van der Waals surface area (Å²) >= 11 is 11.9. The molecule has 260 valence electrons. The Hall–Kier alpha value is -6.04. The number of carbonyl (C=O) groups is 2. The summed E-state index contributed by atoms with van der Waals surface area (Å²) in [6.45, 7) is 0. The molecule has 0 saturated carbocycles. The Morgan fingerprint density at radius 3 is 1.65 bits per heavy atom. The average Bonchev–Trinajstić information content (AvgIpc) is 3.10. The first-order chi connectivity index (χ1) is 24.4. The SMILES string of the molecule is Cn1cc(C(=O)Nc2ccc(Cc3cccc(Cl)c3)cn2)ccc1=O.Cn1cc(C(=O)O)ccc1=O.Nc1ccc(Cc2cccc(Cl)c2)cn1. The zero-order valence-electron chi connectivity index (χ0n) is 27.7. The second-order valence-corrected chi connectivity index (χ2v) is 12.1. The first-order valence-electron chi connectivity index (χ1n) is 15.4. The Bertz CT molecular complexity index is 2240. The predicted molar refractivity (Wildman–Crippen MR) is 200 cm³/mol. The van der Waals surface area contributed by atoms with E-state index in [0.717, 1.165) is 28.1 Å². The second-order valence-electron chi connectivity index (χ2n) is 11.2. The Labute approximate surface area is 303 Å². The van der Waals surface area contributed by atoms with Gasteiger partial charge in [-0.2, -0.15) is 0 Å². The van der Waals surface area contributed by atoms with Gasteiger partial charge in [-0.05, 0) is 83.6 Å². The fraction of sp³-hybridized carbons (Fsp3) is 0.105. The van der Waals surface area contributed by atoms with Gasteiger partial charge in [-0.1, -0.05) is 59.6 Å². The van der Waals surface area contributed by atoms with E-state index >= 15 is 0 Å². The van der Waals surface area contributed by atoms with Crippen LogP contribution in [0.15, 0.2) is 131 Å². The number of rotatable bonds is 7. The largest absolute Gasteiger partial charge is 0.478 e. The van der Waals surface area contributed by atoms with Gasteiger partial charge in [0.25, 0.3) is 5.91 Å². The summed E-state index contributed by atoms with van der Waals surface area (Å²) in [5.74, 6) is -0.343. The normalized spacial score (nSPS) is 10.2. The van der Waals surface area contributed by atoms with Gasteiger partial charge in [-0.15, -0.1) is 0 Å². The highest BCUT2D eigenvalue weighted by Gasteiger charge is 2.08. The van der Waals surface area contributed by atoms with Gasteiger partial charge in [0.15, 0.2) is 0 Å². The number of hydrogen-bond donors (Lipinski definition) is 3. The molecule has 13 heteroatoms. The van der Waals surface area contributed by atoms with Crippen LogP contribution in [-0.2, 0) is 26.9 Å². The minimum absolute atomic E-state index is 0.118. The third-order valence-corrected chi connectivity index (χ3v) is 7.66. The van der Waals surface area contributed by atoms with Crippen LogP contribution in [0.2, 0.25) is 10.0 Å². The van der Waals surface area contributed by atoms with E-state index in [2.05, 4.69) is 15.3 Å². The molecule has 51 heavy (non-hydrogen) atoms. The molecular formula is C38H34Cl2N6O5. The van der Waals surface area contributed by atoms with Gasteiger partial charge in [0, 0.05) is 61.1 Å². The number of halogens is 2. The van der Waals surface area contributed by atoms with Crippen LogP contribution in [0.1, 0.15) is 43.0 Å². The molecule has 0 bridgehead atoms. The molecule has 0 fully saturated rings. The molecule has 6 rings (SSSR count).